The number of ether oxygens (including phenoxy) is 3. The number of anilines is 2. The number of unbranched alkanes of at least 4 members (excludes halogenated alkanes) is 1. The molecule has 2 aliphatic heterocycles. The van der Waals surface area contributed by atoms with Gasteiger partial charge >= 0.3 is 0 Å². The van der Waals surface area contributed by atoms with E-state index in [-0.39, 0.29) is 60.0 Å². The average molecular weight is 961 g/mol. The van der Waals surface area contributed by atoms with Gasteiger partial charge in [-0.25, -0.2) is 9.37 Å². The van der Waals surface area contributed by atoms with Gasteiger partial charge in [-0.2, -0.15) is 5.26 Å². The molecule has 6 rings (SSSR count). The molecule has 16 nitrogen and oxygen atoms in total. The molecular weight excluding hydrogens is 905 g/mol. The van der Waals surface area contributed by atoms with Crippen molar-refractivity contribution in [2.75, 3.05) is 49.4 Å². The van der Waals surface area contributed by atoms with Crippen LogP contribution in [0.15, 0.2) is 77.7 Å². The number of amides is 4. The first-order valence-corrected chi connectivity index (χ1v) is 22.7. The minimum atomic E-state index is -1.22. The first-order chi connectivity index (χ1) is 31.9. The topological polar surface area (TPSA) is 200 Å². The van der Waals surface area contributed by atoms with Crippen molar-refractivity contribution in [3.8, 4) is 23.1 Å². The molecule has 3 aromatic carbocycles. The minimum Gasteiger partial charge on any atom is -0.493 e. The summed E-state index contributed by atoms with van der Waals surface area (Å²) in [7, 11) is 0. The molecule has 356 valence electrons. The third-order valence-electron chi connectivity index (χ3n) is 11.3. The van der Waals surface area contributed by atoms with Crippen molar-refractivity contribution in [1.82, 2.24) is 20.5 Å². The van der Waals surface area contributed by atoms with Crippen molar-refractivity contribution in [2.24, 2.45) is 5.41 Å². The summed E-state index contributed by atoms with van der Waals surface area (Å²) >= 11 is 11.9. The Hall–Kier alpha value is -5.97. The predicted octanol–water partition coefficient (Wildman–Crippen LogP) is 6.31. The molecule has 0 aliphatic carbocycles. The maximum absolute atomic E-state index is 15.6. The lowest BCUT2D eigenvalue weighted by atomic mass is 9.85. The van der Waals surface area contributed by atoms with Gasteiger partial charge in [-0.15, -0.1) is 0 Å². The average Bonchev–Trinajstić information content (AvgIpc) is 4.01. The van der Waals surface area contributed by atoms with E-state index in [0.29, 0.717) is 56.3 Å². The molecule has 2 saturated heterocycles. The van der Waals surface area contributed by atoms with E-state index in [1.54, 1.807) is 32.2 Å². The number of carbonyl (C=O) groups excluding carboxylic acids is 4. The summed E-state index contributed by atoms with van der Waals surface area (Å²) in [6, 6.07) is 16.4. The standard InChI is InChI=1S/C48H55ClFN7O9S/c1-47(2,3)42(44(61)55-27-34(58)22-39(55)43(60)53-25-30-9-11-31(12-10-30)40-26-52-29-66-40)54-41(59)28-64-19-8-18-63-17-6-7-20-65-35-15-16-38(37(50)23-35)57-46(67)56(45(62)48(57,4)5)33-14-13-32(24-51)36(49)21-33/h9-16,21,23,26,29,34,39,42,58H,6-8,17-20,22,25,27-28H2,1-5H3,(H,53,60)(H,54,59)/t34-,39+,42-/m1/s1. The number of hydrogen-bond donors (Lipinski definition) is 3. The summed E-state index contributed by atoms with van der Waals surface area (Å²) in [4.78, 5) is 61.7. The van der Waals surface area contributed by atoms with Gasteiger partial charge in [0.25, 0.3) is 5.91 Å². The molecule has 4 amide bonds. The Morgan fingerprint density at radius 2 is 1.76 bits per heavy atom. The Morgan fingerprint density at radius 3 is 2.43 bits per heavy atom. The number of rotatable bonds is 20. The monoisotopic (exact) mass is 959 g/mol. The normalized spacial score (nSPS) is 17.4. The van der Waals surface area contributed by atoms with Gasteiger partial charge in [0.05, 0.1) is 40.9 Å². The van der Waals surface area contributed by atoms with E-state index in [0.717, 1.165) is 11.1 Å². The molecule has 3 atom stereocenters. The van der Waals surface area contributed by atoms with Gasteiger partial charge in [0.1, 0.15) is 36.0 Å². The van der Waals surface area contributed by atoms with Gasteiger partial charge in [-0.1, -0.05) is 56.6 Å². The third-order valence-corrected chi connectivity index (χ3v) is 12.0. The van der Waals surface area contributed by atoms with Crippen molar-refractivity contribution in [3.63, 3.8) is 0 Å². The number of aliphatic hydroxyl groups is 1. The summed E-state index contributed by atoms with van der Waals surface area (Å²) < 4.78 is 37.9. The molecule has 67 heavy (non-hydrogen) atoms. The van der Waals surface area contributed by atoms with Crippen LogP contribution in [0.3, 0.4) is 0 Å². The molecule has 3 heterocycles. The molecule has 19 heteroatoms. The first kappa shape index (κ1) is 50.4. The minimum absolute atomic E-state index is 0.0401. The molecule has 0 radical (unpaired) electrons. The zero-order chi connectivity index (χ0) is 48.5. The molecule has 1 aromatic heterocycles. The van der Waals surface area contributed by atoms with Crippen LogP contribution in [0.1, 0.15) is 71.4 Å². The maximum Gasteiger partial charge on any atom is 0.259 e. The third kappa shape index (κ3) is 12.3. The van der Waals surface area contributed by atoms with Gasteiger partial charge in [-0.3, -0.25) is 24.1 Å². The van der Waals surface area contributed by atoms with E-state index in [4.69, 9.17) is 42.4 Å². The van der Waals surface area contributed by atoms with Crippen LogP contribution in [0.4, 0.5) is 15.8 Å². The van der Waals surface area contributed by atoms with Crippen molar-refractivity contribution < 1.29 is 47.3 Å². The van der Waals surface area contributed by atoms with E-state index in [2.05, 4.69) is 15.6 Å². The van der Waals surface area contributed by atoms with E-state index in [1.165, 1.54) is 45.4 Å². The first-order valence-electron chi connectivity index (χ1n) is 21.9. The number of likely N-dealkylation sites (tertiary alicyclic amines) is 1. The summed E-state index contributed by atoms with van der Waals surface area (Å²) in [5, 5.41) is 25.6. The lowest BCUT2D eigenvalue weighted by molar-refractivity contribution is -0.144. The van der Waals surface area contributed by atoms with Gasteiger partial charge in [0.2, 0.25) is 17.7 Å². The number of benzene rings is 3. The second-order valence-electron chi connectivity index (χ2n) is 17.8. The number of carbonyl (C=O) groups is 4. The zero-order valence-corrected chi connectivity index (χ0v) is 39.6. The van der Waals surface area contributed by atoms with Crippen molar-refractivity contribution in [1.29, 1.82) is 5.26 Å². The number of nitrogens with zero attached hydrogens (tertiary/aromatic N) is 5. The van der Waals surface area contributed by atoms with Crippen LogP contribution in [0, 0.1) is 22.6 Å². The fourth-order valence-corrected chi connectivity index (χ4v) is 8.45. The highest BCUT2D eigenvalue weighted by atomic mass is 35.5. The van der Waals surface area contributed by atoms with E-state index < -0.39 is 52.7 Å². The lowest BCUT2D eigenvalue weighted by Gasteiger charge is -2.35. The number of hydrogen-bond acceptors (Lipinski definition) is 12. The number of nitriles is 1. The molecule has 2 fully saturated rings. The SMILES string of the molecule is CC(C)(C)[C@H](NC(=O)COCCCOCCCCOc1ccc(N2C(=S)N(c3ccc(C#N)c(Cl)c3)C(=O)C2(C)C)c(F)c1)C(=O)N1C[C@H](O)C[C@H]1C(=O)NCc1ccc(-c2cnco2)cc1. The summed E-state index contributed by atoms with van der Waals surface area (Å²) in [5.74, 6) is -1.43. The van der Waals surface area contributed by atoms with Crippen LogP contribution in [-0.4, -0.2) is 107 Å². The van der Waals surface area contributed by atoms with Crippen LogP contribution in [0.5, 0.6) is 5.75 Å². The smallest absolute Gasteiger partial charge is 0.259 e. The highest BCUT2D eigenvalue weighted by molar-refractivity contribution is 7.81. The van der Waals surface area contributed by atoms with Crippen molar-refractivity contribution >= 4 is 63.9 Å². The Balaban J connectivity index is 0.865. The van der Waals surface area contributed by atoms with Crippen molar-refractivity contribution in [2.45, 2.75) is 90.6 Å². The van der Waals surface area contributed by atoms with Gasteiger partial charge in [-0.05, 0) is 86.6 Å². The number of halogens is 2. The van der Waals surface area contributed by atoms with Crippen molar-refractivity contribution in [3.05, 3.63) is 95.2 Å². The number of β-amino-alcohol motifs (C(OH)–C–C–N with tert-alkyl or cyclic N) is 1. The van der Waals surface area contributed by atoms with Gasteiger partial charge in [0.15, 0.2) is 23.1 Å². The fraction of sp³-hybridized carbons (Fsp3) is 0.438. The Bertz CT molecular complexity index is 2460. The highest BCUT2D eigenvalue weighted by Gasteiger charge is 2.51. The Labute approximate surface area is 399 Å². The molecule has 0 unspecified atom stereocenters. The quantitative estimate of drug-likeness (QED) is 0.0658. The number of aromatic nitrogens is 1. The van der Waals surface area contributed by atoms with E-state index >= 15 is 4.39 Å². The highest BCUT2D eigenvalue weighted by Crippen LogP contribution is 2.39. The van der Waals surface area contributed by atoms with Crippen LogP contribution in [0.2, 0.25) is 5.02 Å². The molecular formula is C48H55ClFN7O9S. The lowest BCUT2D eigenvalue weighted by Crippen LogP contribution is -2.58. The zero-order valence-electron chi connectivity index (χ0n) is 38.1. The molecule has 4 aromatic rings. The second kappa shape index (κ2) is 22.2. The molecule has 2 aliphatic rings. The van der Waals surface area contributed by atoms with Crippen LogP contribution < -0.4 is 25.2 Å². The van der Waals surface area contributed by atoms with Gasteiger partial charge in [0, 0.05) is 51.0 Å². The molecule has 3 N–H and O–H groups in total. The number of aliphatic hydroxyl groups excluding tert-OH is 1. The molecule has 0 bridgehead atoms. The predicted molar refractivity (Wildman–Crippen MR) is 251 cm³/mol. The van der Waals surface area contributed by atoms with Crippen LogP contribution >= 0.6 is 23.8 Å². The van der Waals surface area contributed by atoms with E-state index in [9.17, 15) is 29.5 Å². The van der Waals surface area contributed by atoms with Crippen LogP contribution in [0.25, 0.3) is 11.3 Å². The Morgan fingerprint density at radius 1 is 1.04 bits per heavy atom. The number of oxazole rings is 1. The molecule has 0 saturated carbocycles. The molecule has 0 spiro atoms. The number of thiocarbonyl (C=S) groups is 1. The van der Waals surface area contributed by atoms with Crippen LogP contribution in [-0.2, 0) is 35.2 Å². The summed E-state index contributed by atoms with van der Waals surface area (Å²) in [6.07, 6.45) is 3.97. The van der Waals surface area contributed by atoms with E-state index in [1.807, 2.05) is 51.1 Å². The number of nitrogens with one attached hydrogen (secondary N) is 2. The second-order valence-corrected chi connectivity index (χ2v) is 18.6. The summed E-state index contributed by atoms with van der Waals surface area (Å²) in [6.45, 7) is 10.0. The fourth-order valence-electron chi connectivity index (χ4n) is 7.72. The largest absolute Gasteiger partial charge is 0.493 e. The Kier molecular flexibility index (Phi) is 16.7. The van der Waals surface area contributed by atoms with Gasteiger partial charge < -0.3 is 44.2 Å². The summed E-state index contributed by atoms with van der Waals surface area (Å²) in [5.41, 5.74) is 0.463. The maximum atomic E-state index is 15.6.